The predicted molar refractivity (Wildman–Crippen MR) is 72.5 cm³/mol. The first-order chi connectivity index (χ1) is 9.06. The molecule has 1 amide bonds. The second-order valence-corrected chi connectivity index (χ2v) is 4.13. The van der Waals surface area contributed by atoms with Gasteiger partial charge >= 0.3 is 0 Å². The Hall–Kier alpha value is -2.03. The van der Waals surface area contributed by atoms with Crippen LogP contribution in [0.3, 0.4) is 0 Å². The van der Waals surface area contributed by atoms with Crippen LogP contribution in [0.25, 0.3) is 0 Å². The van der Waals surface area contributed by atoms with Crippen molar-refractivity contribution in [2.75, 3.05) is 27.3 Å². The second kappa shape index (κ2) is 7.41. The Labute approximate surface area is 113 Å². The first kappa shape index (κ1) is 15.0. The van der Waals surface area contributed by atoms with Crippen LogP contribution in [-0.2, 0) is 11.3 Å². The number of benzene rings is 1. The summed E-state index contributed by atoms with van der Waals surface area (Å²) in [6.45, 7) is 0.527. The topological polar surface area (TPSA) is 75.8 Å². The van der Waals surface area contributed by atoms with Gasteiger partial charge in [-0.05, 0) is 25.2 Å². The molecule has 3 N–H and O–H groups in total. The van der Waals surface area contributed by atoms with Gasteiger partial charge in [0.15, 0.2) is 0 Å². The van der Waals surface area contributed by atoms with Gasteiger partial charge in [0.2, 0.25) is 5.91 Å². The number of nitrogens with two attached hydrogens (primary N) is 1. The number of hydrogen-bond acceptors (Lipinski definition) is 4. The van der Waals surface area contributed by atoms with Gasteiger partial charge in [-0.2, -0.15) is 0 Å². The van der Waals surface area contributed by atoms with Gasteiger partial charge in [0.25, 0.3) is 0 Å². The molecule has 0 aliphatic rings. The molecule has 0 fully saturated rings. The zero-order valence-electron chi connectivity index (χ0n) is 11.1. The average Bonchev–Trinajstić information content (AvgIpc) is 2.35. The Morgan fingerprint density at radius 3 is 2.84 bits per heavy atom. The van der Waals surface area contributed by atoms with E-state index in [-0.39, 0.29) is 19.1 Å². The number of aliphatic hydroxyl groups excluding tert-OH is 1. The number of likely N-dealkylation sites (N-methyl/N-ethyl adjacent to an activating group) is 1. The standard InChI is InChI=1S/C14H18N2O3/c1-16(10-14(15)18)9-12-8-11(4-3-7-17)5-6-13(12)19-2/h5-6,8,17H,7,9-10H2,1-2H3,(H2,15,18). The van der Waals surface area contributed by atoms with E-state index in [2.05, 4.69) is 11.8 Å². The van der Waals surface area contributed by atoms with Crippen LogP contribution in [0, 0.1) is 11.8 Å². The van der Waals surface area contributed by atoms with Crippen molar-refractivity contribution in [3.63, 3.8) is 0 Å². The number of aliphatic hydroxyl groups is 1. The molecular formula is C14H18N2O3. The van der Waals surface area contributed by atoms with Crippen LogP contribution < -0.4 is 10.5 Å². The van der Waals surface area contributed by atoms with Gasteiger partial charge in [0, 0.05) is 17.7 Å². The molecule has 0 heterocycles. The van der Waals surface area contributed by atoms with Gasteiger partial charge in [-0.15, -0.1) is 0 Å². The molecule has 102 valence electrons. The highest BCUT2D eigenvalue weighted by Crippen LogP contribution is 2.20. The number of nitrogens with zero attached hydrogens (tertiary/aromatic N) is 1. The fourth-order valence-electron chi connectivity index (χ4n) is 1.73. The quantitative estimate of drug-likeness (QED) is 0.730. The maximum atomic E-state index is 10.9. The summed E-state index contributed by atoms with van der Waals surface area (Å²) in [4.78, 5) is 12.7. The Balaban J connectivity index is 2.92. The van der Waals surface area contributed by atoms with Gasteiger partial charge in [-0.25, -0.2) is 0 Å². The monoisotopic (exact) mass is 262 g/mol. The molecule has 0 saturated carbocycles. The van der Waals surface area contributed by atoms with E-state index in [0.29, 0.717) is 6.54 Å². The molecule has 0 radical (unpaired) electrons. The van der Waals surface area contributed by atoms with Crippen LogP contribution in [0.4, 0.5) is 0 Å². The second-order valence-electron chi connectivity index (χ2n) is 4.13. The Kier molecular flexibility index (Phi) is 5.86. The third kappa shape index (κ3) is 5.00. The molecule has 0 bridgehead atoms. The number of carbonyl (C=O) groups excluding carboxylic acids is 1. The molecule has 0 aromatic heterocycles. The zero-order chi connectivity index (χ0) is 14.3. The molecule has 0 spiro atoms. The highest BCUT2D eigenvalue weighted by molar-refractivity contribution is 5.75. The van der Waals surface area contributed by atoms with Gasteiger partial charge in [-0.3, -0.25) is 9.69 Å². The number of methoxy groups -OCH3 is 1. The molecule has 5 nitrogen and oxygen atoms in total. The molecule has 1 rings (SSSR count). The summed E-state index contributed by atoms with van der Waals surface area (Å²) >= 11 is 0. The molecule has 1 aromatic carbocycles. The van der Waals surface area contributed by atoms with Crippen molar-refractivity contribution in [3.8, 4) is 17.6 Å². The first-order valence-electron chi connectivity index (χ1n) is 5.80. The fraction of sp³-hybridized carbons (Fsp3) is 0.357. The summed E-state index contributed by atoms with van der Waals surface area (Å²) < 4.78 is 5.27. The summed E-state index contributed by atoms with van der Waals surface area (Å²) in [6.07, 6.45) is 0. The average molecular weight is 262 g/mol. The van der Waals surface area contributed by atoms with Crippen molar-refractivity contribution in [3.05, 3.63) is 29.3 Å². The molecule has 0 aliphatic carbocycles. The Morgan fingerprint density at radius 1 is 1.53 bits per heavy atom. The molecule has 19 heavy (non-hydrogen) atoms. The predicted octanol–water partition coefficient (Wildman–Crippen LogP) is -0.0439. The first-order valence-corrected chi connectivity index (χ1v) is 5.80. The van der Waals surface area contributed by atoms with E-state index in [1.165, 1.54) is 0 Å². The zero-order valence-corrected chi connectivity index (χ0v) is 11.1. The SMILES string of the molecule is COc1ccc(C#CCO)cc1CN(C)CC(N)=O. The summed E-state index contributed by atoms with van der Waals surface area (Å²) in [7, 11) is 3.39. The van der Waals surface area contributed by atoms with Gasteiger partial charge in [0.1, 0.15) is 12.4 Å². The third-order valence-electron chi connectivity index (χ3n) is 2.46. The molecule has 1 aromatic rings. The number of primary amides is 1. The van der Waals surface area contributed by atoms with E-state index in [4.69, 9.17) is 15.6 Å². The third-order valence-corrected chi connectivity index (χ3v) is 2.46. The molecule has 5 heteroatoms. The van der Waals surface area contributed by atoms with Gasteiger partial charge in [0.05, 0.1) is 13.7 Å². The van der Waals surface area contributed by atoms with E-state index < -0.39 is 0 Å². The highest BCUT2D eigenvalue weighted by atomic mass is 16.5. The lowest BCUT2D eigenvalue weighted by Gasteiger charge is -2.17. The van der Waals surface area contributed by atoms with Crippen LogP contribution in [-0.4, -0.2) is 43.2 Å². The largest absolute Gasteiger partial charge is 0.496 e. The molecule has 0 saturated heterocycles. The van der Waals surface area contributed by atoms with E-state index in [1.807, 2.05) is 18.2 Å². The molecule has 0 unspecified atom stereocenters. The van der Waals surface area contributed by atoms with Crippen molar-refractivity contribution < 1.29 is 14.6 Å². The van der Waals surface area contributed by atoms with Gasteiger partial charge in [-0.1, -0.05) is 11.8 Å². The Morgan fingerprint density at radius 2 is 2.26 bits per heavy atom. The van der Waals surface area contributed by atoms with Crippen LogP contribution in [0.15, 0.2) is 18.2 Å². The van der Waals surface area contributed by atoms with Crippen LogP contribution in [0.2, 0.25) is 0 Å². The summed E-state index contributed by atoms with van der Waals surface area (Å²) in [6, 6.07) is 5.51. The number of rotatable bonds is 5. The summed E-state index contributed by atoms with van der Waals surface area (Å²) in [5.74, 6) is 5.78. The minimum atomic E-state index is -0.377. The van der Waals surface area contributed by atoms with E-state index >= 15 is 0 Å². The van der Waals surface area contributed by atoms with E-state index in [0.717, 1.165) is 16.9 Å². The molecular weight excluding hydrogens is 244 g/mol. The minimum Gasteiger partial charge on any atom is -0.496 e. The normalized spacial score (nSPS) is 9.89. The number of hydrogen-bond donors (Lipinski definition) is 2. The van der Waals surface area contributed by atoms with Crippen molar-refractivity contribution in [2.45, 2.75) is 6.54 Å². The lowest BCUT2D eigenvalue weighted by molar-refractivity contribution is -0.118. The summed E-state index contributed by atoms with van der Waals surface area (Å²) in [5, 5.41) is 8.68. The Bertz CT molecular complexity index is 503. The van der Waals surface area contributed by atoms with E-state index in [9.17, 15) is 4.79 Å². The van der Waals surface area contributed by atoms with Crippen molar-refractivity contribution in [1.29, 1.82) is 0 Å². The maximum Gasteiger partial charge on any atom is 0.231 e. The maximum absolute atomic E-state index is 10.9. The lowest BCUT2D eigenvalue weighted by atomic mass is 10.1. The van der Waals surface area contributed by atoms with Crippen molar-refractivity contribution in [2.24, 2.45) is 5.73 Å². The lowest BCUT2D eigenvalue weighted by Crippen LogP contribution is -2.30. The number of ether oxygens (including phenoxy) is 1. The number of amides is 1. The van der Waals surface area contributed by atoms with E-state index in [1.54, 1.807) is 19.1 Å². The fourth-order valence-corrected chi connectivity index (χ4v) is 1.73. The van der Waals surface area contributed by atoms with Crippen molar-refractivity contribution in [1.82, 2.24) is 4.90 Å². The molecule has 0 atom stereocenters. The number of carbonyl (C=O) groups is 1. The van der Waals surface area contributed by atoms with Crippen LogP contribution >= 0.6 is 0 Å². The van der Waals surface area contributed by atoms with Crippen LogP contribution in [0.5, 0.6) is 5.75 Å². The van der Waals surface area contributed by atoms with Crippen LogP contribution in [0.1, 0.15) is 11.1 Å². The highest BCUT2D eigenvalue weighted by Gasteiger charge is 2.08. The molecule has 0 aliphatic heterocycles. The van der Waals surface area contributed by atoms with Crippen molar-refractivity contribution >= 4 is 5.91 Å². The minimum absolute atomic E-state index is 0.176. The smallest absolute Gasteiger partial charge is 0.231 e. The summed E-state index contributed by atoms with van der Waals surface area (Å²) in [5.41, 5.74) is 6.85. The van der Waals surface area contributed by atoms with Gasteiger partial charge < -0.3 is 15.6 Å².